The van der Waals surface area contributed by atoms with E-state index in [1.807, 2.05) is 56.9 Å². The van der Waals surface area contributed by atoms with Gasteiger partial charge in [-0.3, -0.25) is 19.4 Å². The summed E-state index contributed by atoms with van der Waals surface area (Å²) in [6.45, 7) is 26.3. The Balaban J connectivity index is 0.000000188. The zero-order valence-electron chi connectivity index (χ0n) is 31.2. The summed E-state index contributed by atoms with van der Waals surface area (Å²) in [4.78, 5) is 41.2. The Hall–Kier alpha value is -4.71. The molecule has 2 aliphatic carbocycles. The molecule has 4 fully saturated rings. The van der Waals surface area contributed by atoms with E-state index in [1.54, 1.807) is 34.1 Å². The fraction of sp³-hybridized carbons (Fsp3) is 0.429. The van der Waals surface area contributed by atoms with Crippen LogP contribution in [0.5, 0.6) is 0 Å². The molecule has 11 heteroatoms. The molecule has 4 aliphatic rings. The van der Waals surface area contributed by atoms with Crippen molar-refractivity contribution in [2.45, 2.75) is 116 Å². The molecule has 0 N–H and O–H groups in total. The molecule has 3 aromatic carbocycles. The molecule has 3 aromatic rings. The van der Waals surface area contributed by atoms with Gasteiger partial charge in [0, 0.05) is 23.1 Å². The minimum atomic E-state index is -0.769. The fourth-order valence-electron chi connectivity index (χ4n) is 8.63. The van der Waals surface area contributed by atoms with E-state index in [4.69, 9.17) is 37.6 Å². The summed E-state index contributed by atoms with van der Waals surface area (Å²) in [5, 5.41) is 0.968. The lowest BCUT2D eigenvalue weighted by atomic mass is 9.94. The predicted octanol–water partition coefficient (Wildman–Crippen LogP) is 10.5. The normalized spacial score (nSPS) is 18.8. The molecule has 0 bridgehead atoms. The van der Waals surface area contributed by atoms with Crippen LogP contribution in [0.15, 0.2) is 54.6 Å². The topological polar surface area (TPSA) is 55.8 Å². The molecule has 53 heavy (non-hydrogen) atoms. The van der Waals surface area contributed by atoms with Gasteiger partial charge in [0.1, 0.15) is 16.9 Å². The molecule has 8 nitrogen and oxygen atoms in total. The van der Waals surface area contributed by atoms with Crippen LogP contribution in [0.1, 0.15) is 102 Å². The Kier molecular flexibility index (Phi) is 10.5. The number of hydrogen-bond acceptors (Lipinski definition) is 4. The third kappa shape index (κ3) is 6.28. The van der Waals surface area contributed by atoms with Gasteiger partial charge in [-0.15, -0.1) is 0 Å². The zero-order valence-corrected chi connectivity index (χ0v) is 32.8. The fourth-order valence-corrected chi connectivity index (χ4v) is 9.68. The highest BCUT2D eigenvalue weighted by atomic mass is 32.1. The monoisotopic (exact) mass is 748 g/mol. The number of thiocarbonyl (C=S) groups is 2. The zero-order chi connectivity index (χ0) is 38.4. The molecule has 2 aliphatic heterocycles. The second kappa shape index (κ2) is 14.6. The maximum atomic E-state index is 14.8. The molecule has 7 rings (SSSR count). The van der Waals surface area contributed by atoms with Crippen LogP contribution in [0.25, 0.3) is 9.69 Å². The Morgan fingerprint density at radius 2 is 1.13 bits per heavy atom. The van der Waals surface area contributed by atoms with E-state index in [0.717, 1.165) is 55.3 Å². The van der Waals surface area contributed by atoms with E-state index in [9.17, 15) is 14.0 Å². The molecule has 2 saturated carbocycles. The predicted molar refractivity (Wildman–Crippen MR) is 217 cm³/mol. The van der Waals surface area contributed by atoms with E-state index in [2.05, 4.69) is 28.4 Å². The maximum Gasteiger partial charge on any atom is 0.259 e. The van der Waals surface area contributed by atoms with Crippen molar-refractivity contribution in [2.75, 3.05) is 14.7 Å². The van der Waals surface area contributed by atoms with E-state index in [1.165, 1.54) is 6.07 Å². The number of amides is 2. The molecular formula is C42H45FN6O2S2. The standard InChI is InChI=1S/C24H24FN3OS.C18H21N3OS/c1-15(2)19-9-7-18(14-20(19)25)28-23(30)27(22(29)24(28)11-5-6-12-24)17-8-10-21(26-4)16(3)13-17;1-12(2)21-17(23)20(16(22)18(21)9-5-6-10-18)14-7-8-15(19-4)13(3)11-14/h7-10,13-15H,5-6,11-12H2,1-3H3;7-8,11-12H,5-6,9-10H2,1-3H3. The van der Waals surface area contributed by atoms with Crippen LogP contribution in [-0.4, -0.2) is 44.1 Å². The highest BCUT2D eigenvalue weighted by molar-refractivity contribution is 7.81. The quantitative estimate of drug-likeness (QED) is 0.191. The van der Waals surface area contributed by atoms with Gasteiger partial charge in [-0.25, -0.2) is 14.1 Å². The first kappa shape index (κ1) is 38.0. The van der Waals surface area contributed by atoms with Gasteiger partial charge in [0.05, 0.1) is 13.1 Å². The summed E-state index contributed by atoms with van der Waals surface area (Å²) in [5.74, 6) is -0.161. The minimum absolute atomic E-state index is 0.0618. The second-order valence-corrected chi connectivity index (χ2v) is 15.9. The average Bonchev–Trinajstić information content (AvgIpc) is 3.88. The van der Waals surface area contributed by atoms with Gasteiger partial charge < -0.3 is 9.80 Å². The Morgan fingerprint density at radius 1 is 0.679 bits per heavy atom. The van der Waals surface area contributed by atoms with Crippen LogP contribution in [0, 0.1) is 32.8 Å². The van der Waals surface area contributed by atoms with E-state index in [0.29, 0.717) is 51.4 Å². The third-order valence-electron chi connectivity index (χ3n) is 11.2. The van der Waals surface area contributed by atoms with Crippen LogP contribution in [0.2, 0.25) is 0 Å². The van der Waals surface area contributed by atoms with E-state index >= 15 is 0 Å². The number of benzene rings is 3. The second-order valence-electron chi connectivity index (χ2n) is 15.1. The molecule has 2 saturated heterocycles. The van der Waals surface area contributed by atoms with Gasteiger partial charge >= 0.3 is 0 Å². The highest BCUT2D eigenvalue weighted by Crippen LogP contribution is 2.47. The molecule has 0 unspecified atom stereocenters. The number of hydrogen-bond donors (Lipinski definition) is 0. The van der Waals surface area contributed by atoms with Crippen LogP contribution >= 0.6 is 24.4 Å². The SMILES string of the molecule is [C-]#[N+]c1ccc(N2C(=O)C3(CCCC3)N(C(C)C)C2=S)cc1C.[C-]#[N+]c1ccc(N2C(=O)C3(CCCC3)N(c3ccc(C(C)C)c(F)c3)C2=S)cc1C. The van der Waals surface area contributed by atoms with Gasteiger partial charge in [-0.2, -0.15) is 0 Å². The largest absolute Gasteiger partial charge is 0.331 e. The van der Waals surface area contributed by atoms with Gasteiger partial charge in [0.15, 0.2) is 21.6 Å². The number of nitrogens with zero attached hydrogens (tertiary/aromatic N) is 6. The molecule has 274 valence electrons. The minimum Gasteiger partial charge on any atom is -0.331 e. The number of carbonyl (C=O) groups excluding carboxylic acids is 2. The Labute approximate surface area is 323 Å². The Morgan fingerprint density at radius 3 is 1.57 bits per heavy atom. The third-order valence-corrected chi connectivity index (χ3v) is 12.0. The van der Waals surface area contributed by atoms with Crippen molar-refractivity contribution in [1.29, 1.82) is 0 Å². The average molecular weight is 749 g/mol. The first-order chi connectivity index (χ1) is 25.2. The van der Waals surface area contributed by atoms with Crippen molar-refractivity contribution in [1.82, 2.24) is 4.90 Å². The molecule has 2 amide bonds. The summed E-state index contributed by atoms with van der Waals surface area (Å²) < 4.78 is 14.8. The summed E-state index contributed by atoms with van der Waals surface area (Å²) in [7, 11) is 0. The van der Waals surface area contributed by atoms with Crippen molar-refractivity contribution in [3.8, 4) is 0 Å². The van der Waals surface area contributed by atoms with Gasteiger partial charge in [-0.1, -0.05) is 57.7 Å². The lowest BCUT2D eigenvalue weighted by Crippen LogP contribution is -2.50. The summed E-state index contributed by atoms with van der Waals surface area (Å²) in [5.41, 5.74) is 4.31. The van der Waals surface area contributed by atoms with Crippen LogP contribution in [-0.2, 0) is 9.59 Å². The van der Waals surface area contributed by atoms with Gasteiger partial charge in [0.2, 0.25) is 0 Å². The first-order valence-electron chi connectivity index (χ1n) is 18.3. The molecular weight excluding hydrogens is 704 g/mol. The summed E-state index contributed by atoms with van der Waals surface area (Å²) in [6.07, 6.45) is 7.13. The van der Waals surface area contributed by atoms with Gasteiger partial charge in [0.25, 0.3) is 11.8 Å². The number of carbonyl (C=O) groups is 2. The maximum absolute atomic E-state index is 14.8. The lowest BCUT2D eigenvalue weighted by molar-refractivity contribution is -0.125. The number of anilines is 3. The first-order valence-corrected chi connectivity index (χ1v) is 19.2. The van der Waals surface area contributed by atoms with Gasteiger partial charge in [-0.05, 0) is 137 Å². The van der Waals surface area contributed by atoms with Crippen molar-refractivity contribution in [2.24, 2.45) is 0 Å². The molecule has 0 radical (unpaired) electrons. The number of halogens is 1. The molecule has 2 heterocycles. The van der Waals surface area contributed by atoms with Crippen LogP contribution in [0.4, 0.5) is 32.8 Å². The van der Waals surface area contributed by atoms with Crippen molar-refractivity contribution in [3.63, 3.8) is 0 Å². The highest BCUT2D eigenvalue weighted by Gasteiger charge is 2.58. The van der Waals surface area contributed by atoms with Crippen molar-refractivity contribution in [3.05, 3.63) is 99.9 Å². The summed E-state index contributed by atoms with van der Waals surface area (Å²) >= 11 is 11.5. The van der Waals surface area contributed by atoms with E-state index < -0.39 is 11.1 Å². The van der Waals surface area contributed by atoms with E-state index in [-0.39, 0.29) is 29.6 Å². The van der Waals surface area contributed by atoms with Crippen molar-refractivity contribution >= 4 is 74.9 Å². The van der Waals surface area contributed by atoms with Crippen LogP contribution in [0.3, 0.4) is 0 Å². The summed E-state index contributed by atoms with van der Waals surface area (Å²) in [6, 6.07) is 16.2. The lowest BCUT2D eigenvalue weighted by Gasteiger charge is -2.35. The number of rotatable bonds is 5. The molecule has 0 atom stereocenters. The molecule has 2 spiro atoms. The van der Waals surface area contributed by atoms with Crippen molar-refractivity contribution < 1.29 is 14.0 Å². The molecule has 0 aromatic heterocycles. The van der Waals surface area contributed by atoms with Crippen LogP contribution < -0.4 is 14.7 Å². The number of aryl methyl sites for hydroxylation is 2. The Bertz CT molecular complexity index is 2090. The smallest absolute Gasteiger partial charge is 0.259 e.